The number of thiophene rings is 1. The fraction of sp³-hybridized carbons (Fsp3) is 0.714. The fourth-order valence-electron chi connectivity index (χ4n) is 2.61. The van der Waals surface area contributed by atoms with Crippen LogP contribution in [0.2, 0.25) is 0 Å². The standard InChI is InChI=1S/C14H23NS/c1-12-8-9-14(16-12)11-15-10-4-7-13-5-2-3-6-13/h8-9,13,15H,2-7,10-11H2,1H3. The lowest BCUT2D eigenvalue weighted by Crippen LogP contribution is -2.14. The highest BCUT2D eigenvalue weighted by Gasteiger charge is 2.13. The van der Waals surface area contributed by atoms with Crippen LogP contribution in [0.4, 0.5) is 0 Å². The Bertz CT molecular complexity index is 299. The first-order valence-electron chi connectivity index (χ1n) is 6.60. The Labute approximate surface area is 103 Å². The molecule has 1 aromatic heterocycles. The van der Waals surface area contributed by atoms with E-state index in [0.29, 0.717) is 0 Å². The molecule has 0 unspecified atom stereocenters. The molecule has 1 nitrogen and oxygen atoms in total. The molecular formula is C14H23NS. The molecule has 1 heterocycles. The lowest BCUT2D eigenvalue weighted by atomic mass is 10.0. The molecule has 0 radical (unpaired) electrons. The summed E-state index contributed by atoms with van der Waals surface area (Å²) in [6.45, 7) is 4.42. The molecule has 1 aliphatic carbocycles. The van der Waals surface area contributed by atoms with Gasteiger partial charge >= 0.3 is 0 Å². The van der Waals surface area contributed by atoms with Crippen LogP contribution in [0, 0.1) is 12.8 Å². The van der Waals surface area contributed by atoms with Crippen LogP contribution in [-0.2, 0) is 6.54 Å². The molecule has 2 heteroatoms. The van der Waals surface area contributed by atoms with Gasteiger partial charge in [0.15, 0.2) is 0 Å². The summed E-state index contributed by atoms with van der Waals surface area (Å²) in [6.07, 6.45) is 8.73. The molecule has 0 saturated heterocycles. The summed E-state index contributed by atoms with van der Waals surface area (Å²) in [6, 6.07) is 4.45. The van der Waals surface area contributed by atoms with E-state index >= 15 is 0 Å². The van der Waals surface area contributed by atoms with Crippen LogP contribution >= 0.6 is 11.3 Å². The molecule has 0 aromatic carbocycles. The van der Waals surface area contributed by atoms with E-state index in [2.05, 4.69) is 24.4 Å². The predicted molar refractivity (Wildman–Crippen MR) is 72.0 cm³/mol. The molecule has 1 aliphatic rings. The number of hydrogen-bond donors (Lipinski definition) is 1. The highest BCUT2D eigenvalue weighted by Crippen LogP contribution is 2.28. The Morgan fingerprint density at radius 2 is 2.12 bits per heavy atom. The summed E-state index contributed by atoms with van der Waals surface area (Å²) in [7, 11) is 0. The SMILES string of the molecule is Cc1ccc(CNCCCC2CCCC2)s1. The van der Waals surface area contributed by atoms with Crippen molar-refractivity contribution in [2.24, 2.45) is 5.92 Å². The maximum atomic E-state index is 3.55. The van der Waals surface area contributed by atoms with Gasteiger partial charge in [0.25, 0.3) is 0 Å². The van der Waals surface area contributed by atoms with Crippen LogP contribution in [0.3, 0.4) is 0 Å². The van der Waals surface area contributed by atoms with Crippen molar-refractivity contribution in [1.29, 1.82) is 0 Å². The molecule has 1 N–H and O–H groups in total. The van der Waals surface area contributed by atoms with Gasteiger partial charge in [-0.1, -0.05) is 25.7 Å². The molecule has 1 saturated carbocycles. The first-order chi connectivity index (χ1) is 7.84. The van der Waals surface area contributed by atoms with Crippen molar-refractivity contribution < 1.29 is 0 Å². The van der Waals surface area contributed by atoms with Gasteiger partial charge in [-0.2, -0.15) is 0 Å². The van der Waals surface area contributed by atoms with E-state index in [1.807, 2.05) is 11.3 Å². The van der Waals surface area contributed by atoms with E-state index < -0.39 is 0 Å². The van der Waals surface area contributed by atoms with Crippen LogP contribution in [0.5, 0.6) is 0 Å². The molecular weight excluding hydrogens is 214 g/mol. The second-order valence-electron chi connectivity index (χ2n) is 4.98. The third-order valence-electron chi connectivity index (χ3n) is 3.54. The van der Waals surface area contributed by atoms with Crippen LogP contribution in [0.15, 0.2) is 12.1 Å². The quantitative estimate of drug-likeness (QED) is 0.734. The number of nitrogens with one attached hydrogen (secondary N) is 1. The monoisotopic (exact) mass is 237 g/mol. The van der Waals surface area contributed by atoms with Gasteiger partial charge < -0.3 is 5.32 Å². The van der Waals surface area contributed by atoms with E-state index in [9.17, 15) is 0 Å². The molecule has 0 aliphatic heterocycles. The topological polar surface area (TPSA) is 12.0 Å². The van der Waals surface area contributed by atoms with Crippen LogP contribution in [0.25, 0.3) is 0 Å². The average molecular weight is 237 g/mol. The van der Waals surface area contributed by atoms with Crippen molar-refractivity contribution in [2.75, 3.05) is 6.54 Å². The zero-order valence-electron chi connectivity index (χ0n) is 10.3. The molecule has 90 valence electrons. The van der Waals surface area contributed by atoms with Crippen LogP contribution < -0.4 is 5.32 Å². The fourth-order valence-corrected chi connectivity index (χ4v) is 3.47. The maximum absolute atomic E-state index is 3.55. The highest BCUT2D eigenvalue weighted by molar-refractivity contribution is 7.11. The first-order valence-corrected chi connectivity index (χ1v) is 7.42. The molecule has 2 rings (SSSR count). The molecule has 0 atom stereocenters. The van der Waals surface area contributed by atoms with Crippen LogP contribution in [-0.4, -0.2) is 6.54 Å². The Morgan fingerprint density at radius 3 is 2.81 bits per heavy atom. The lowest BCUT2D eigenvalue weighted by Gasteiger charge is -2.08. The van der Waals surface area contributed by atoms with Gasteiger partial charge in [-0.25, -0.2) is 0 Å². The summed E-state index contributed by atoms with van der Waals surface area (Å²) in [4.78, 5) is 2.89. The van der Waals surface area contributed by atoms with E-state index in [4.69, 9.17) is 0 Å². The minimum Gasteiger partial charge on any atom is -0.312 e. The highest BCUT2D eigenvalue weighted by atomic mass is 32.1. The van der Waals surface area contributed by atoms with Gasteiger partial charge in [0.1, 0.15) is 0 Å². The van der Waals surface area contributed by atoms with Gasteiger partial charge in [-0.3, -0.25) is 0 Å². The van der Waals surface area contributed by atoms with E-state index in [1.54, 1.807) is 0 Å². The van der Waals surface area contributed by atoms with Gasteiger partial charge in [0.2, 0.25) is 0 Å². The predicted octanol–water partition coefficient (Wildman–Crippen LogP) is 4.12. The third kappa shape index (κ3) is 3.91. The smallest absolute Gasteiger partial charge is 0.0299 e. The average Bonchev–Trinajstić information content (AvgIpc) is 2.89. The Morgan fingerprint density at radius 1 is 1.31 bits per heavy atom. The molecule has 1 aromatic rings. The second kappa shape index (κ2) is 6.41. The minimum absolute atomic E-state index is 1.05. The van der Waals surface area contributed by atoms with Gasteiger partial charge in [0, 0.05) is 16.3 Å². The summed E-state index contributed by atoms with van der Waals surface area (Å²) >= 11 is 1.91. The second-order valence-corrected chi connectivity index (χ2v) is 6.35. The summed E-state index contributed by atoms with van der Waals surface area (Å²) < 4.78 is 0. The Kier molecular flexibility index (Phi) is 4.86. The van der Waals surface area contributed by atoms with Gasteiger partial charge in [-0.05, 0) is 44.4 Å². The first kappa shape index (κ1) is 12.1. The van der Waals surface area contributed by atoms with Crippen molar-refractivity contribution in [1.82, 2.24) is 5.32 Å². The Balaban J connectivity index is 1.51. The zero-order valence-corrected chi connectivity index (χ0v) is 11.1. The molecule has 0 bridgehead atoms. The Hall–Kier alpha value is -0.340. The minimum atomic E-state index is 1.05. The van der Waals surface area contributed by atoms with E-state index in [-0.39, 0.29) is 0 Å². The molecule has 0 amide bonds. The van der Waals surface area contributed by atoms with Crippen molar-refractivity contribution >= 4 is 11.3 Å². The summed E-state index contributed by atoms with van der Waals surface area (Å²) in [5, 5.41) is 3.55. The van der Waals surface area contributed by atoms with Crippen molar-refractivity contribution in [3.63, 3.8) is 0 Å². The molecule has 0 spiro atoms. The number of aryl methyl sites for hydroxylation is 1. The van der Waals surface area contributed by atoms with Crippen molar-refractivity contribution in [3.8, 4) is 0 Å². The number of hydrogen-bond acceptors (Lipinski definition) is 2. The van der Waals surface area contributed by atoms with Gasteiger partial charge in [-0.15, -0.1) is 11.3 Å². The van der Waals surface area contributed by atoms with Gasteiger partial charge in [0.05, 0.1) is 0 Å². The zero-order chi connectivity index (χ0) is 11.2. The summed E-state index contributed by atoms with van der Waals surface area (Å²) in [5.74, 6) is 1.05. The maximum Gasteiger partial charge on any atom is 0.0299 e. The molecule has 1 fully saturated rings. The van der Waals surface area contributed by atoms with Crippen LogP contribution in [0.1, 0.15) is 48.3 Å². The lowest BCUT2D eigenvalue weighted by molar-refractivity contribution is 0.471. The van der Waals surface area contributed by atoms with Crippen molar-refractivity contribution in [2.45, 2.75) is 52.0 Å². The molecule has 16 heavy (non-hydrogen) atoms. The normalized spacial score (nSPS) is 17.1. The van der Waals surface area contributed by atoms with Crippen molar-refractivity contribution in [3.05, 3.63) is 21.9 Å². The third-order valence-corrected chi connectivity index (χ3v) is 4.54. The number of rotatable bonds is 6. The summed E-state index contributed by atoms with van der Waals surface area (Å²) in [5.41, 5.74) is 0. The van der Waals surface area contributed by atoms with E-state index in [0.717, 1.165) is 12.5 Å². The van der Waals surface area contributed by atoms with E-state index in [1.165, 1.54) is 54.8 Å². The largest absolute Gasteiger partial charge is 0.312 e.